The molecule has 0 saturated carbocycles. The number of alkyl halides is 6. The molecule has 4 rings (SSSR count). The van der Waals surface area contributed by atoms with Crippen LogP contribution in [0.4, 0.5) is 41.2 Å². The van der Waals surface area contributed by atoms with Crippen LogP contribution in [-0.4, -0.2) is 48.6 Å². The number of amidine groups is 2. The molecule has 0 radical (unpaired) electrons. The lowest BCUT2D eigenvalue weighted by Gasteiger charge is -2.45. The third-order valence-corrected chi connectivity index (χ3v) is 5.38. The van der Waals surface area contributed by atoms with Crippen molar-refractivity contribution in [2.45, 2.75) is 17.9 Å². The highest BCUT2D eigenvalue weighted by Gasteiger charge is 2.79. The molecule has 0 aromatic heterocycles. The molecule has 2 aliphatic rings. The maximum absolute atomic E-state index is 14.3. The van der Waals surface area contributed by atoms with E-state index >= 15 is 0 Å². The minimum Gasteiger partial charge on any atom is -0.497 e. The Hall–Kier alpha value is -3.97. The fourth-order valence-corrected chi connectivity index (χ4v) is 3.79. The molecule has 1 saturated heterocycles. The molecular formula is C21H13F7N4O3. The summed E-state index contributed by atoms with van der Waals surface area (Å²) >= 11 is 0. The number of nitrogens with one attached hydrogen (secondary N) is 1. The number of carbonyl (C=O) groups is 2. The predicted octanol–water partition coefficient (Wildman–Crippen LogP) is 4.23. The largest absolute Gasteiger partial charge is 0.497 e. The van der Waals surface area contributed by atoms with Gasteiger partial charge in [0.25, 0.3) is 5.54 Å². The van der Waals surface area contributed by atoms with Gasteiger partial charge < -0.3 is 4.74 Å². The molecule has 14 heteroatoms. The maximum Gasteiger partial charge on any atom is 0.423 e. The van der Waals surface area contributed by atoms with Crippen LogP contribution in [0.5, 0.6) is 5.75 Å². The molecule has 35 heavy (non-hydrogen) atoms. The van der Waals surface area contributed by atoms with Gasteiger partial charge in [-0.25, -0.2) is 24.1 Å². The van der Waals surface area contributed by atoms with E-state index < -0.39 is 53.2 Å². The first-order valence-corrected chi connectivity index (χ1v) is 9.67. The van der Waals surface area contributed by atoms with Crippen molar-refractivity contribution in [3.05, 3.63) is 59.9 Å². The van der Waals surface area contributed by atoms with Crippen molar-refractivity contribution in [2.24, 2.45) is 15.9 Å². The van der Waals surface area contributed by atoms with Crippen LogP contribution >= 0.6 is 0 Å². The first-order valence-electron chi connectivity index (χ1n) is 9.67. The van der Waals surface area contributed by atoms with E-state index in [1.54, 1.807) is 0 Å². The summed E-state index contributed by atoms with van der Waals surface area (Å²) in [5.41, 5.74) is -5.62. The van der Waals surface area contributed by atoms with Gasteiger partial charge >= 0.3 is 18.4 Å². The third kappa shape index (κ3) is 3.78. The van der Waals surface area contributed by atoms with Crippen molar-refractivity contribution in [1.82, 2.24) is 5.32 Å². The number of halogens is 7. The smallest absolute Gasteiger partial charge is 0.423 e. The summed E-state index contributed by atoms with van der Waals surface area (Å²) in [5, 5.41) is 1.50. The standard InChI is InChI=1S/C21H13F7N4O3/c1-35-13-4-2-3-10(9-13)15-29-16-14(19(31-15,20(23,24)25)21(26,27)28)17(33)30-18(34)32(16)12-7-5-11(22)6-8-12/h2-9,14H,1H3,(H,30,33,34). The van der Waals surface area contributed by atoms with E-state index in [-0.39, 0.29) is 17.0 Å². The summed E-state index contributed by atoms with van der Waals surface area (Å²) in [6.07, 6.45) is -12.3. The number of imide groups is 1. The fourth-order valence-electron chi connectivity index (χ4n) is 3.79. The zero-order chi connectivity index (χ0) is 25.8. The van der Waals surface area contributed by atoms with Crippen molar-refractivity contribution in [3.63, 3.8) is 0 Å². The molecule has 2 aromatic carbocycles. The molecule has 3 amide bonds. The number of nitrogens with zero attached hydrogens (tertiary/aromatic N) is 3. The Bertz CT molecular complexity index is 1240. The van der Waals surface area contributed by atoms with E-state index in [2.05, 4.69) is 9.98 Å². The Morgan fingerprint density at radius 3 is 2.20 bits per heavy atom. The van der Waals surface area contributed by atoms with Crippen LogP contribution < -0.4 is 15.0 Å². The molecule has 1 fully saturated rings. The number of hydrogen-bond acceptors (Lipinski definition) is 5. The summed E-state index contributed by atoms with van der Waals surface area (Å²) in [6, 6.07) is 7.04. The Balaban J connectivity index is 2.05. The van der Waals surface area contributed by atoms with Gasteiger partial charge in [-0.2, -0.15) is 26.3 Å². The van der Waals surface area contributed by atoms with Crippen LogP contribution in [0, 0.1) is 11.7 Å². The third-order valence-electron chi connectivity index (χ3n) is 5.38. The number of anilines is 1. The van der Waals surface area contributed by atoms with Gasteiger partial charge in [0.2, 0.25) is 5.91 Å². The quantitative estimate of drug-likeness (QED) is 0.638. The molecule has 1 N–H and O–H groups in total. The number of hydrogen-bond donors (Lipinski definition) is 1. The lowest BCUT2D eigenvalue weighted by atomic mass is 9.78. The zero-order valence-corrected chi connectivity index (χ0v) is 17.4. The Morgan fingerprint density at radius 2 is 1.63 bits per heavy atom. The number of rotatable bonds is 3. The SMILES string of the molecule is COc1cccc(C2=NC(C(F)(F)F)(C(F)(F)F)C3C(=O)NC(=O)N(c4ccc(F)cc4)C3=N2)c1. The van der Waals surface area contributed by atoms with E-state index in [4.69, 9.17) is 4.74 Å². The second-order valence-electron chi connectivity index (χ2n) is 7.44. The van der Waals surface area contributed by atoms with Gasteiger partial charge in [-0.1, -0.05) is 12.1 Å². The highest BCUT2D eigenvalue weighted by molar-refractivity contribution is 6.33. The van der Waals surface area contributed by atoms with E-state index in [1.807, 2.05) is 0 Å². The molecule has 7 nitrogen and oxygen atoms in total. The minimum absolute atomic E-state index is 0.0741. The van der Waals surface area contributed by atoms with Crippen LogP contribution in [0.15, 0.2) is 58.5 Å². The van der Waals surface area contributed by atoms with Crippen molar-refractivity contribution in [2.75, 3.05) is 12.0 Å². The molecule has 0 spiro atoms. The van der Waals surface area contributed by atoms with Crippen molar-refractivity contribution < 1.29 is 45.1 Å². The van der Waals surface area contributed by atoms with Crippen LogP contribution in [-0.2, 0) is 4.79 Å². The number of amides is 3. The van der Waals surface area contributed by atoms with Crippen molar-refractivity contribution >= 4 is 29.3 Å². The number of fused-ring (bicyclic) bond motifs is 1. The molecule has 0 bridgehead atoms. The average Bonchev–Trinajstić information content (AvgIpc) is 2.78. The lowest BCUT2D eigenvalue weighted by molar-refractivity contribution is -0.302. The first-order chi connectivity index (χ1) is 16.3. The topological polar surface area (TPSA) is 83.4 Å². The Labute approximate surface area is 191 Å². The van der Waals surface area contributed by atoms with Gasteiger partial charge in [-0.3, -0.25) is 10.1 Å². The van der Waals surface area contributed by atoms with Gasteiger partial charge in [0.15, 0.2) is 5.84 Å². The monoisotopic (exact) mass is 502 g/mol. The fraction of sp³-hybridized carbons (Fsp3) is 0.238. The summed E-state index contributed by atoms with van der Waals surface area (Å²) in [7, 11) is 1.22. The Morgan fingerprint density at radius 1 is 1.00 bits per heavy atom. The molecule has 2 aromatic rings. The van der Waals surface area contributed by atoms with Gasteiger partial charge in [-0.15, -0.1) is 0 Å². The zero-order valence-electron chi connectivity index (χ0n) is 17.4. The number of methoxy groups -OCH3 is 1. The normalized spacial score (nSPS) is 20.0. The van der Waals surface area contributed by atoms with Gasteiger partial charge in [-0.05, 0) is 36.4 Å². The highest BCUT2D eigenvalue weighted by Crippen LogP contribution is 2.53. The van der Waals surface area contributed by atoms with E-state index in [9.17, 15) is 40.3 Å². The maximum atomic E-state index is 14.3. The molecule has 2 aliphatic heterocycles. The summed E-state index contributed by atoms with van der Waals surface area (Å²) in [4.78, 5) is 32.3. The number of urea groups is 1. The van der Waals surface area contributed by atoms with Gasteiger partial charge in [0.05, 0.1) is 12.8 Å². The molecule has 1 atom stereocenters. The van der Waals surface area contributed by atoms with E-state index in [1.165, 1.54) is 24.6 Å². The number of benzene rings is 2. The van der Waals surface area contributed by atoms with Crippen molar-refractivity contribution in [1.29, 1.82) is 0 Å². The van der Waals surface area contributed by atoms with Gasteiger partial charge in [0, 0.05) is 5.56 Å². The summed E-state index contributed by atoms with van der Waals surface area (Å²) < 4.78 is 104. The Kier molecular flexibility index (Phi) is 5.57. The number of carbonyl (C=O) groups excluding carboxylic acids is 2. The second kappa shape index (κ2) is 8.06. The molecule has 2 heterocycles. The molecule has 1 unspecified atom stereocenters. The van der Waals surface area contributed by atoms with Crippen LogP contribution in [0.1, 0.15) is 5.56 Å². The number of aliphatic imine (C=N–C) groups is 2. The van der Waals surface area contributed by atoms with E-state index in [0.717, 1.165) is 36.4 Å². The summed E-state index contributed by atoms with van der Waals surface area (Å²) in [6.45, 7) is 0. The number of ether oxygens (including phenoxy) is 1. The van der Waals surface area contributed by atoms with Gasteiger partial charge in [0.1, 0.15) is 23.3 Å². The average molecular weight is 502 g/mol. The molecule has 0 aliphatic carbocycles. The van der Waals surface area contributed by atoms with Crippen LogP contribution in [0.25, 0.3) is 0 Å². The lowest BCUT2D eigenvalue weighted by Crippen LogP contribution is -2.73. The van der Waals surface area contributed by atoms with Crippen molar-refractivity contribution in [3.8, 4) is 5.75 Å². The van der Waals surface area contributed by atoms with E-state index in [0.29, 0.717) is 4.90 Å². The second-order valence-corrected chi connectivity index (χ2v) is 7.44. The highest BCUT2D eigenvalue weighted by atomic mass is 19.4. The molecule has 184 valence electrons. The first kappa shape index (κ1) is 24.2. The summed E-state index contributed by atoms with van der Waals surface area (Å²) in [5.74, 6) is -7.94. The van der Waals surface area contributed by atoms with Crippen LogP contribution in [0.2, 0.25) is 0 Å². The molecular weight excluding hydrogens is 489 g/mol. The predicted molar refractivity (Wildman–Crippen MR) is 108 cm³/mol. The van der Waals surface area contributed by atoms with Crippen LogP contribution in [0.3, 0.4) is 0 Å². The minimum atomic E-state index is -6.15.